The zero-order chi connectivity index (χ0) is 19.7. The molecular weight excluding hydrogens is 364 g/mol. The summed E-state index contributed by atoms with van der Waals surface area (Å²) in [5.41, 5.74) is 0.932. The topological polar surface area (TPSA) is 75.7 Å². The van der Waals surface area contributed by atoms with Gasteiger partial charge in [-0.25, -0.2) is 8.42 Å². The lowest BCUT2D eigenvalue weighted by Crippen LogP contribution is -2.31. The van der Waals surface area contributed by atoms with E-state index in [0.29, 0.717) is 24.4 Å². The van der Waals surface area contributed by atoms with Crippen LogP contribution in [-0.4, -0.2) is 41.1 Å². The van der Waals surface area contributed by atoms with Crippen LogP contribution in [0.2, 0.25) is 0 Å². The third-order valence-electron chi connectivity index (χ3n) is 3.85. The van der Waals surface area contributed by atoms with Crippen LogP contribution in [0.25, 0.3) is 0 Å². The Morgan fingerprint density at radius 3 is 2.41 bits per heavy atom. The van der Waals surface area contributed by atoms with E-state index in [1.54, 1.807) is 61.7 Å². The van der Waals surface area contributed by atoms with E-state index >= 15 is 0 Å². The van der Waals surface area contributed by atoms with Gasteiger partial charge in [0.05, 0.1) is 17.1 Å². The van der Waals surface area contributed by atoms with Crippen LogP contribution in [0.3, 0.4) is 0 Å². The van der Waals surface area contributed by atoms with Crippen LogP contribution in [0.5, 0.6) is 0 Å². The Kier molecular flexibility index (Phi) is 7.57. The van der Waals surface area contributed by atoms with E-state index in [-0.39, 0.29) is 17.3 Å². The molecule has 6 nitrogen and oxygen atoms in total. The molecule has 7 heteroatoms. The molecule has 0 bridgehead atoms. The lowest BCUT2D eigenvalue weighted by Gasteiger charge is -2.23. The smallest absolute Gasteiger partial charge is 0.264 e. The molecule has 0 saturated carbocycles. The largest absolute Gasteiger partial charge is 0.385 e. The molecule has 0 saturated heterocycles. The Morgan fingerprint density at radius 1 is 1.15 bits per heavy atom. The summed E-state index contributed by atoms with van der Waals surface area (Å²) in [6.07, 6.45) is 2.25. The highest BCUT2D eigenvalue weighted by molar-refractivity contribution is 7.92. The number of rotatable bonds is 10. The molecule has 144 valence electrons. The first-order valence-electron chi connectivity index (χ1n) is 8.56. The van der Waals surface area contributed by atoms with Crippen LogP contribution < -0.4 is 9.62 Å². The molecule has 2 rings (SSSR count). The third-order valence-corrected chi connectivity index (χ3v) is 5.66. The standard InChI is InChI=1S/C20H24N2O4S/c1-3-15-22(27(24,25)19-8-5-4-6-9-19)18-12-10-17(11-13-18)20(23)21-14-7-16-26-2/h3-6,8-13H,1,7,14-16H2,2H3,(H,21,23). The highest BCUT2D eigenvalue weighted by Gasteiger charge is 2.23. The van der Waals surface area contributed by atoms with Gasteiger partial charge in [-0.1, -0.05) is 24.3 Å². The summed E-state index contributed by atoms with van der Waals surface area (Å²) < 4.78 is 32.1. The fourth-order valence-corrected chi connectivity index (χ4v) is 3.94. The molecule has 0 aromatic heterocycles. The number of sulfonamides is 1. The van der Waals surface area contributed by atoms with Gasteiger partial charge in [-0.2, -0.15) is 0 Å². The maximum atomic E-state index is 12.9. The summed E-state index contributed by atoms with van der Waals surface area (Å²) in [4.78, 5) is 12.3. The zero-order valence-electron chi connectivity index (χ0n) is 15.3. The second kappa shape index (κ2) is 9.89. The van der Waals surface area contributed by atoms with Gasteiger partial charge in [0.2, 0.25) is 0 Å². The molecule has 0 atom stereocenters. The quantitative estimate of drug-likeness (QED) is 0.502. The highest BCUT2D eigenvalue weighted by atomic mass is 32.2. The zero-order valence-corrected chi connectivity index (χ0v) is 16.1. The summed E-state index contributed by atoms with van der Waals surface area (Å²) >= 11 is 0. The van der Waals surface area contributed by atoms with Crippen molar-refractivity contribution < 1.29 is 17.9 Å². The Morgan fingerprint density at radius 2 is 1.81 bits per heavy atom. The molecule has 0 spiro atoms. The van der Waals surface area contributed by atoms with Crippen molar-refractivity contribution in [2.45, 2.75) is 11.3 Å². The number of methoxy groups -OCH3 is 1. The fraction of sp³-hybridized carbons (Fsp3) is 0.250. The van der Waals surface area contributed by atoms with Crippen molar-refractivity contribution in [1.82, 2.24) is 5.32 Å². The van der Waals surface area contributed by atoms with Crippen molar-refractivity contribution in [2.75, 3.05) is 31.1 Å². The van der Waals surface area contributed by atoms with Gasteiger partial charge >= 0.3 is 0 Å². The number of nitrogens with zero attached hydrogens (tertiary/aromatic N) is 1. The molecule has 0 unspecified atom stereocenters. The fourth-order valence-electron chi connectivity index (χ4n) is 2.48. The summed E-state index contributed by atoms with van der Waals surface area (Å²) in [6.45, 7) is 4.86. The van der Waals surface area contributed by atoms with E-state index in [9.17, 15) is 13.2 Å². The minimum atomic E-state index is -3.72. The lowest BCUT2D eigenvalue weighted by atomic mass is 10.2. The van der Waals surface area contributed by atoms with Crippen LogP contribution in [0.15, 0.2) is 72.1 Å². The van der Waals surface area contributed by atoms with E-state index < -0.39 is 10.0 Å². The van der Waals surface area contributed by atoms with Gasteiger partial charge in [-0.3, -0.25) is 9.10 Å². The van der Waals surface area contributed by atoms with E-state index in [4.69, 9.17) is 4.74 Å². The predicted molar refractivity (Wildman–Crippen MR) is 106 cm³/mol. The van der Waals surface area contributed by atoms with Gasteiger partial charge in [0.15, 0.2) is 0 Å². The van der Waals surface area contributed by atoms with Crippen molar-refractivity contribution >= 4 is 21.6 Å². The van der Waals surface area contributed by atoms with Crippen molar-refractivity contribution in [3.05, 3.63) is 72.8 Å². The number of hydrogen-bond donors (Lipinski definition) is 1. The molecule has 2 aromatic carbocycles. The van der Waals surface area contributed by atoms with Gasteiger partial charge in [0.25, 0.3) is 15.9 Å². The molecule has 0 heterocycles. The number of amides is 1. The molecule has 0 fully saturated rings. The number of carbonyl (C=O) groups is 1. The molecule has 1 amide bonds. The number of ether oxygens (including phenoxy) is 1. The minimum absolute atomic E-state index is 0.125. The second-order valence-corrected chi connectivity index (χ2v) is 7.65. The van der Waals surface area contributed by atoms with Crippen molar-refractivity contribution in [3.63, 3.8) is 0 Å². The van der Waals surface area contributed by atoms with Gasteiger partial charge in [0, 0.05) is 25.8 Å². The molecular formula is C20H24N2O4S. The van der Waals surface area contributed by atoms with Gasteiger partial charge in [-0.15, -0.1) is 6.58 Å². The van der Waals surface area contributed by atoms with Gasteiger partial charge in [-0.05, 0) is 42.8 Å². The first-order chi connectivity index (χ1) is 13.0. The average Bonchev–Trinajstić information content (AvgIpc) is 2.70. The van der Waals surface area contributed by atoms with E-state index in [1.165, 1.54) is 10.4 Å². The number of hydrogen-bond acceptors (Lipinski definition) is 4. The molecule has 0 aliphatic rings. The van der Waals surface area contributed by atoms with Crippen LogP contribution in [0.1, 0.15) is 16.8 Å². The monoisotopic (exact) mass is 388 g/mol. The number of anilines is 1. The summed E-state index contributed by atoms with van der Waals surface area (Å²) in [6, 6.07) is 14.7. The van der Waals surface area contributed by atoms with E-state index in [0.717, 1.165) is 6.42 Å². The average molecular weight is 388 g/mol. The highest BCUT2D eigenvalue weighted by Crippen LogP contribution is 2.24. The van der Waals surface area contributed by atoms with Gasteiger partial charge < -0.3 is 10.1 Å². The van der Waals surface area contributed by atoms with Crippen molar-refractivity contribution in [1.29, 1.82) is 0 Å². The Balaban J connectivity index is 2.19. The summed E-state index contributed by atoms with van der Waals surface area (Å²) in [5.74, 6) is -0.209. The van der Waals surface area contributed by atoms with E-state index in [1.807, 2.05) is 0 Å². The normalized spacial score (nSPS) is 11.0. The number of benzene rings is 2. The van der Waals surface area contributed by atoms with Crippen LogP contribution in [0, 0.1) is 0 Å². The summed E-state index contributed by atoms with van der Waals surface area (Å²) in [5, 5.41) is 2.80. The van der Waals surface area contributed by atoms with Crippen molar-refractivity contribution in [2.24, 2.45) is 0 Å². The molecule has 27 heavy (non-hydrogen) atoms. The van der Waals surface area contributed by atoms with Crippen LogP contribution >= 0.6 is 0 Å². The predicted octanol–water partition coefficient (Wildman–Crippen LogP) is 2.83. The first kappa shape index (κ1) is 20.7. The second-order valence-electron chi connectivity index (χ2n) is 5.79. The summed E-state index contributed by atoms with van der Waals surface area (Å²) in [7, 11) is -2.11. The Labute approximate surface area is 160 Å². The molecule has 0 radical (unpaired) electrons. The number of carbonyl (C=O) groups excluding carboxylic acids is 1. The maximum absolute atomic E-state index is 12.9. The Bertz CT molecular complexity index is 849. The first-order valence-corrected chi connectivity index (χ1v) is 10.0. The maximum Gasteiger partial charge on any atom is 0.264 e. The van der Waals surface area contributed by atoms with Crippen molar-refractivity contribution in [3.8, 4) is 0 Å². The van der Waals surface area contributed by atoms with Crippen LogP contribution in [0.4, 0.5) is 5.69 Å². The van der Waals surface area contributed by atoms with Gasteiger partial charge in [0.1, 0.15) is 0 Å². The lowest BCUT2D eigenvalue weighted by molar-refractivity contribution is 0.0948. The SMILES string of the molecule is C=CCN(c1ccc(C(=O)NCCCOC)cc1)S(=O)(=O)c1ccccc1. The minimum Gasteiger partial charge on any atom is -0.385 e. The number of nitrogens with one attached hydrogen (secondary N) is 1. The van der Waals surface area contributed by atoms with Crippen LogP contribution in [-0.2, 0) is 14.8 Å². The van der Waals surface area contributed by atoms with E-state index in [2.05, 4.69) is 11.9 Å². The third kappa shape index (κ3) is 5.42. The molecule has 1 N–H and O–H groups in total. The molecule has 2 aromatic rings. The Hall–Kier alpha value is -2.64. The molecule has 0 aliphatic heterocycles. The molecule has 0 aliphatic carbocycles.